The normalized spacial score (nSPS) is 34.8. The molecule has 0 bridgehead atoms. The molecule has 0 aromatic heterocycles. The predicted molar refractivity (Wildman–Crippen MR) is 93.6 cm³/mol. The standard InChI is InChI=1S/C18H28B2/c19-17-9-5-15(6-10-17)13-1-2-14(4-3-13)16-7-11-18(20)12-8-16/h5-6,9-10,13-14,16,18H,1-4,7-8,11-12,19-20H2. The highest BCUT2D eigenvalue weighted by Crippen LogP contribution is 2.44. The molecule has 0 atom stereocenters. The Morgan fingerprint density at radius 3 is 1.75 bits per heavy atom. The van der Waals surface area contributed by atoms with Gasteiger partial charge in [-0.2, -0.15) is 0 Å². The maximum Gasteiger partial charge on any atom is 0.139 e. The SMILES string of the molecule is Bc1ccc(C2CCC(C3CCC(B)CC3)CC2)cc1. The van der Waals surface area contributed by atoms with E-state index < -0.39 is 0 Å². The molecule has 2 aliphatic rings. The highest BCUT2D eigenvalue weighted by atomic mass is 14.3. The summed E-state index contributed by atoms with van der Waals surface area (Å²) in [5, 5.41) is 0. The molecule has 0 saturated heterocycles. The van der Waals surface area contributed by atoms with Crippen LogP contribution in [0.2, 0.25) is 5.82 Å². The number of hydrogen-bond donors (Lipinski definition) is 0. The van der Waals surface area contributed by atoms with Crippen LogP contribution >= 0.6 is 0 Å². The van der Waals surface area contributed by atoms with Crippen LogP contribution in [-0.2, 0) is 0 Å². The first-order valence-electron chi connectivity index (χ1n) is 8.79. The van der Waals surface area contributed by atoms with E-state index in [0.29, 0.717) is 0 Å². The quantitative estimate of drug-likeness (QED) is 0.722. The average Bonchev–Trinajstić information content (AvgIpc) is 2.49. The van der Waals surface area contributed by atoms with Crippen LogP contribution in [0.5, 0.6) is 0 Å². The molecule has 20 heavy (non-hydrogen) atoms. The Bertz CT molecular complexity index is 410. The summed E-state index contributed by atoms with van der Waals surface area (Å²) in [5.41, 5.74) is 2.98. The van der Waals surface area contributed by atoms with Crippen LogP contribution < -0.4 is 5.46 Å². The van der Waals surface area contributed by atoms with E-state index in [1.165, 1.54) is 56.8 Å². The molecule has 0 radical (unpaired) electrons. The molecule has 2 aliphatic carbocycles. The van der Waals surface area contributed by atoms with Crippen molar-refractivity contribution in [3.63, 3.8) is 0 Å². The first-order chi connectivity index (χ1) is 9.72. The van der Waals surface area contributed by atoms with Crippen LogP contribution in [0.3, 0.4) is 0 Å². The summed E-state index contributed by atoms with van der Waals surface area (Å²) in [6.07, 6.45) is 11.8. The van der Waals surface area contributed by atoms with Gasteiger partial charge in [0.2, 0.25) is 0 Å². The van der Waals surface area contributed by atoms with E-state index in [-0.39, 0.29) is 0 Å². The van der Waals surface area contributed by atoms with Crippen molar-refractivity contribution < 1.29 is 0 Å². The average molecular weight is 266 g/mol. The Morgan fingerprint density at radius 1 is 0.700 bits per heavy atom. The van der Waals surface area contributed by atoms with Gasteiger partial charge in [-0.1, -0.05) is 61.2 Å². The van der Waals surface area contributed by atoms with E-state index in [0.717, 1.165) is 23.6 Å². The van der Waals surface area contributed by atoms with E-state index >= 15 is 0 Å². The minimum atomic E-state index is 0.842. The van der Waals surface area contributed by atoms with Gasteiger partial charge in [-0.25, -0.2) is 0 Å². The molecule has 0 heterocycles. The van der Waals surface area contributed by atoms with Crippen molar-refractivity contribution in [3.8, 4) is 0 Å². The Kier molecular flexibility index (Phi) is 4.58. The van der Waals surface area contributed by atoms with Gasteiger partial charge in [0, 0.05) is 0 Å². The summed E-state index contributed by atoms with van der Waals surface area (Å²) in [4.78, 5) is 0. The van der Waals surface area contributed by atoms with E-state index in [1.807, 2.05) is 0 Å². The van der Waals surface area contributed by atoms with E-state index in [2.05, 4.69) is 40.0 Å². The lowest BCUT2D eigenvalue weighted by Crippen LogP contribution is -2.24. The van der Waals surface area contributed by atoms with Crippen LogP contribution in [-0.4, -0.2) is 15.7 Å². The molecule has 2 fully saturated rings. The second-order valence-electron chi connectivity index (χ2n) is 7.54. The van der Waals surface area contributed by atoms with Crippen molar-refractivity contribution in [2.24, 2.45) is 11.8 Å². The first kappa shape index (κ1) is 14.3. The summed E-state index contributed by atoms with van der Waals surface area (Å²) in [6, 6.07) is 9.29. The Hall–Kier alpha value is -0.650. The summed E-state index contributed by atoms with van der Waals surface area (Å²) in [7, 11) is 4.62. The molecular formula is C18H28B2. The molecule has 2 saturated carbocycles. The van der Waals surface area contributed by atoms with Gasteiger partial charge < -0.3 is 0 Å². The minimum absolute atomic E-state index is 0.842. The lowest BCUT2D eigenvalue weighted by atomic mass is 9.65. The van der Waals surface area contributed by atoms with Crippen molar-refractivity contribution >= 4 is 21.2 Å². The predicted octanol–water partition coefficient (Wildman–Crippen LogP) is 2.83. The summed E-state index contributed by atoms with van der Waals surface area (Å²) in [6.45, 7) is 0. The summed E-state index contributed by atoms with van der Waals surface area (Å²) >= 11 is 0. The molecule has 1 aromatic rings. The van der Waals surface area contributed by atoms with E-state index in [4.69, 9.17) is 0 Å². The van der Waals surface area contributed by atoms with Crippen molar-refractivity contribution in [1.29, 1.82) is 0 Å². The zero-order chi connectivity index (χ0) is 13.9. The fourth-order valence-electron chi connectivity index (χ4n) is 4.52. The second kappa shape index (κ2) is 6.41. The Balaban J connectivity index is 1.53. The first-order valence-corrected chi connectivity index (χ1v) is 8.79. The second-order valence-corrected chi connectivity index (χ2v) is 7.54. The molecule has 0 unspecified atom stereocenters. The number of rotatable bonds is 2. The van der Waals surface area contributed by atoms with Crippen LogP contribution in [0.1, 0.15) is 62.8 Å². The largest absolute Gasteiger partial charge is 0.139 e. The molecule has 2 heteroatoms. The van der Waals surface area contributed by atoms with Gasteiger partial charge in [0.25, 0.3) is 0 Å². The zero-order valence-electron chi connectivity index (χ0n) is 13.3. The van der Waals surface area contributed by atoms with Crippen molar-refractivity contribution in [2.45, 2.75) is 63.1 Å². The lowest BCUT2D eigenvalue weighted by molar-refractivity contribution is 0.186. The third-order valence-corrected chi connectivity index (χ3v) is 6.05. The van der Waals surface area contributed by atoms with Crippen molar-refractivity contribution in [1.82, 2.24) is 0 Å². The highest BCUT2D eigenvalue weighted by Gasteiger charge is 2.30. The van der Waals surface area contributed by atoms with E-state index in [9.17, 15) is 0 Å². The van der Waals surface area contributed by atoms with Crippen LogP contribution in [0.15, 0.2) is 24.3 Å². The summed E-state index contributed by atoms with van der Waals surface area (Å²) < 4.78 is 0. The number of hydrogen-bond acceptors (Lipinski definition) is 0. The van der Waals surface area contributed by atoms with E-state index in [1.54, 1.807) is 5.56 Å². The maximum atomic E-state index is 2.44. The van der Waals surface area contributed by atoms with Crippen LogP contribution in [0.4, 0.5) is 0 Å². The smallest absolute Gasteiger partial charge is 0.0889 e. The third-order valence-electron chi connectivity index (χ3n) is 6.05. The zero-order valence-corrected chi connectivity index (χ0v) is 13.3. The Labute approximate surface area is 126 Å². The molecule has 106 valence electrons. The van der Waals surface area contributed by atoms with Crippen LogP contribution in [0, 0.1) is 11.8 Å². The van der Waals surface area contributed by atoms with Crippen LogP contribution in [0.25, 0.3) is 0 Å². The van der Waals surface area contributed by atoms with Gasteiger partial charge in [0.1, 0.15) is 15.7 Å². The van der Waals surface area contributed by atoms with Gasteiger partial charge in [-0.3, -0.25) is 0 Å². The molecule has 0 spiro atoms. The van der Waals surface area contributed by atoms with Gasteiger partial charge in [0.15, 0.2) is 0 Å². The maximum absolute atomic E-state index is 2.44. The molecule has 1 aromatic carbocycles. The molecule has 3 rings (SSSR count). The fraction of sp³-hybridized carbons (Fsp3) is 0.667. The molecule has 0 nitrogen and oxygen atoms in total. The Morgan fingerprint density at radius 2 is 1.20 bits per heavy atom. The van der Waals surface area contributed by atoms with Gasteiger partial charge in [0.05, 0.1) is 0 Å². The molecule has 0 amide bonds. The summed E-state index contributed by atoms with van der Waals surface area (Å²) in [5.74, 6) is 3.94. The number of benzene rings is 1. The van der Waals surface area contributed by atoms with Gasteiger partial charge in [-0.05, 0) is 49.0 Å². The topological polar surface area (TPSA) is 0 Å². The fourth-order valence-corrected chi connectivity index (χ4v) is 4.52. The highest BCUT2D eigenvalue weighted by molar-refractivity contribution is 6.32. The minimum Gasteiger partial charge on any atom is -0.0889 e. The van der Waals surface area contributed by atoms with Gasteiger partial charge >= 0.3 is 0 Å². The molecular weight excluding hydrogens is 238 g/mol. The van der Waals surface area contributed by atoms with Crippen molar-refractivity contribution in [3.05, 3.63) is 29.8 Å². The lowest BCUT2D eigenvalue weighted by Gasteiger charge is -2.37. The van der Waals surface area contributed by atoms with Gasteiger partial charge in [-0.15, -0.1) is 0 Å². The molecule has 0 aliphatic heterocycles. The third kappa shape index (κ3) is 3.32. The molecule has 0 N–H and O–H groups in total. The monoisotopic (exact) mass is 266 g/mol. The van der Waals surface area contributed by atoms with Crippen molar-refractivity contribution in [2.75, 3.05) is 0 Å².